The molecule has 3 aromatic rings. The van der Waals surface area contributed by atoms with Gasteiger partial charge in [-0.3, -0.25) is 4.98 Å². The molecule has 21 heavy (non-hydrogen) atoms. The standard InChI is InChI=1S/C16H12Cl2N2O/c17-13-7-11(19)8-14(18)16(13)21-9-10-5-6-20-15-4-2-1-3-12(10)15/h1-8H,9,19H2. The average molecular weight is 319 g/mol. The molecule has 2 aromatic carbocycles. The normalized spacial score (nSPS) is 10.8. The van der Waals surface area contributed by atoms with Crippen molar-refractivity contribution in [2.75, 3.05) is 5.73 Å². The van der Waals surface area contributed by atoms with Crippen molar-refractivity contribution >= 4 is 39.8 Å². The second-order valence-corrected chi connectivity index (χ2v) is 5.40. The van der Waals surface area contributed by atoms with E-state index in [0.29, 0.717) is 28.1 Å². The van der Waals surface area contributed by atoms with E-state index in [1.165, 1.54) is 0 Å². The van der Waals surface area contributed by atoms with Gasteiger partial charge in [0.25, 0.3) is 0 Å². The number of hydrogen-bond donors (Lipinski definition) is 1. The van der Waals surface area contributed by atoms with Crippen molar-refractivity contribution in [2.24, 2.45) is 0 Å². The largest absolute Gasteiger partial charge is 0.486 e. The lowest BCUT2D eigenvalue weighted by Crippen LogP contribution is -1.99. The van der Waals surface area contributed by atoms with Gasteiger partial charge >= 0.3 is 0 Å². The number of ether oxygens (including phenoxy) is 1. The lowest BCUT2D eigenvalue weighted by Gasteiger charge is -2.12. The Morgan fingerprint density at radius 3 is 2.52 bits per heavy atom. The quantitative estimate of drug-likeness (QED) is 0.712. The number of anilines is 1. The minimum Gasteiger partial charge on any atom is -0.486 e. The number of rotatable bonds is 3. The maximum atomic E-state index is 6.12. The fraction of sp³-hybridized carbons (Fsp3) is 0.0625. The summed E-state index contributed by atoms with van der Waals surface area (Å²) in [7, 11) is 0. The molecular weight excluding hydrogens is 307 g/mol. The van der Waals surface area contributed by atoms with Crippen molar-refractivity contribution in [1.82, 2.24) is 4.98 Å². The molecule has 0 spiro atoms. The van der Waals surface area contributed by atoms with Gasteiger partial charge in [-0.05, 0) is 24.3 Å². The number of nitrogens with two attached hydrogens (primary N) is 1. The van der Waals surface area contributed by atoms with Crippen molar-refractivity contribution in [1.29, 1.82) is 0 Å². The zero-order valence-corrected chi connectivity index (χ0v) is 12.5. The molecule has 0 saturated carbocycles. The molecule has 2 N–H and O–H groups in total. The molecule has 0 fully saturated rings. The molecule has 0 aliphatic carbocycles. The lowest BCUT2D eigenvalue weighted by atomic mass is 10.1. The molecule has 3 nitrogen and oxygen atoms in total. The first-order valence-electron chi connectivity index (χ1n) is 6.35. The summed E-state index contributed by atoms with van der Waals surface area (Å²) < 4.78 is 5.77. The number of aromatic nitrogens is 1. The third-order valence-electron chi connectivity index (χ3n) is 3.13. The Bertz CT molecular complexity index is 777. The summed E-state index contributed by atoms with van der Waals surface area (Å²) in [6, 6.07) is 13.0. The minimum absolute atomic E-state index is 0.354. The van der Waals surface area contributed by atoms with Crippen LogP contribution in [0, 0.1) is 0 Å². The molecule has 0 aliphatic heterocycles. The summed E-state index contributed by atoms with van der Waals surface area (Å²) >= 11 is 12.2. The predicted molar refractivity (Wildman–Crippen MR) is 86.9 cm³/mol. The fourth-order valence-corrected chi connectivity index (χ4v) is 2.76. The highest BCUT2D eigenvalue weighted by Crippen LogP contribution is 2.35. The van der Waals surface area contributed by atoms with Gasteiger partial charge in [0.05, 0.1) is 15.6 Å². The molecule has 0 unspecified atom stereocenters. The van der Waals surface area contributed by atoms with Crippen LogP contribution in [0.1, 0.15) is 5.56 Å². The van der Waals surface area contributed by atoms with Crippen LogP contribution in [0.15, 0.2) is 48.7 Å². The highest BCUT2D eigenvalue weighted by molar-refractivity contribution is 6.37. The molecule has 0 atom stereocenters. The van der Waals surface area contributed by atoms with Gasteiger partial charge in [-0.2, -0.15) is 0 Å². The molecule has 0 bridgehead atoms. The first-order chi connectivity index (χ1) is 10.1. The molecular formula is C16H12Cl2N2O. The number of hydrogen-bond acceptors (Lipinski definition) is 3. The molecule has 1 heterocycles. The fourth-order valence-electron chi connectivity index (χ4n) is 2.15. The van der Waals surface area contributed by atoms with E-state index in [0.717, 1.165) is 16.5 Å². The highest BCUT2D eigenvalue weighted by Gasteiger charge is 2.10. The van der Waals surface area contributed by atoms with Gasteiger partial charge in [-0.15, -0.1) is 0 Å². The van der Waals surface area contributed by atoms with Crippen LogP contribution < -0.4 is 10.5 Å². The van der Waals surface area contributed by atoms with Gasteiger partial charge in [-0.1, -0.05) is 41.4 Å². The Balaban J connectivity index is 1.91. The maximum absolute atomic E-state index is 6.12. The molecule has 0 aliphatic rings. The van der Waals surface area contributed by atoms with E-state index < -0.39 is 0 Å². The number of benzene rings is 2. The van der Waals surface area contributed by atoms with Gasteiger partial charge in [0.2, 0.25) is 0 Å². The van der Waals surface area contributed by atoms with Crippen LogP contribution in [0.3, 0.4) is 0 Å². The van der Waals surface area contributed by atoms with Gasteiger partial charge in [-0.25, -0.2) is 0 Å². The maximum Gasteiger partial charge on any atom is 0.157 e. The monoisotopic (exact) mass is 318 g/mol. The summed E-state index contributed by atoms with van der Waals surface area (Å²) in [4.78, 5) is 4.32. The summed E-state index contributed by atoms with van der Waals surface area (Å²) in [6.07, 6.45) is 1.76. The number of pyridine rings is 1. The number of nitrogen functional groups attached to an aromatic ring is 1. The van der Waals surface area contributed by atoms with Crippen LogP contribution in [0.5, 0.6) is 5.75 Å². The average Bonchev–Trinajstić information content (AvgIpc) is 2.46. The van der Waals surface area contributed by atoms with E-state index in [1.807, 2.05) is 30.3 Å². The molecule has 106 valence electrons. The second-order valence-electron chi connectivity index (χ2n) is 4.59. The van der Waals surface area contributed by atoms with E-state index in [9.17, 15) is 0 Å². The van der Waals surface area contributed by atoms with Crippen molar-refractivity contribution < 1.29 is 4.74 Å². The van der Waals surface area contributed by atoms with E-state index in [-0.39, 0.29) is 0 Å². The van der Waals surface area contributed by atoms with Crippen LogP contribution in [0.25, 0.3) is 10.9 Å². The third kappa shape index (κ3) is 2.89. The van der Waals surface area contributed by atoms with Crippen molar-refractivity contribution in [3.05, 3.63) is 64.3 Å². The summed E-state index contributed by atoms with van der Waals surface area (Å²) in [5.74, 6) is 0.438. The predicted octanol–water partition coefficient (Wildman–Crippen LogP) is 4.70. The molecule has 5 heteroatoms. The topological polar surface area (TPSA) is 48.1 Å². The van der Waals surface area contributed by atoms with Gasteiger partial charge < -0.3 is 10.5 Å². The zero-order valence-electron chi connectivity index (χ0n) is 11.0. The Morgan fingerprint density at radius 2 is 1.76 bits per heavy atom. The van der Waals surface area contributed by atoms with Crippen molar-refractivity contribution in [3.63, 3.8) is 0 Å². The Hall–Kier alpha value is -1.97. The second kappa shape index (κ2) is 5.80. The van der Waals surface area contributed by atoms with Crippen LogP contribution >= 0.6 is 23.2 Å². The highest BCUT2D eigenvalue weighted by atomic mass is 35.5. The molecule has 3 rings (SSSR count). The molecule has 0 saturated heterocycles. The van der Waals surface area contributed by atoms with Crippen molar-refractivity contribution in [2.45, 2.75) is 6.61 Å². The van der Waals surface area contributed by atoms with Gasteiger partial charge in [0, 0.05) is 22.8 Å². The molecule has 0 radical (unpaired) electrons. The zero-order chi connectivity index (χ0) is 14.8. The minimum atomic E-state index is 0.354. The third-order valence-corrected chi connectivity index (χ3v) is 3.69. The van der Waals surface area contributed by atoms with E-state index >= 15 is 0 Å². The summed E-state index contributed by atoms with van der Waals surface area (Å²) in [5, 5.41) is 1.85. The Morgan fingerprint density at radius 1 is 1.05 bits per heavy atom. The number of para-hydroxylation sites is 1. The van der Waals surface area contributed by atoms with Crippen LogP contribution in [0.4, 0.5) is 5.69 Å². The first-order valence-corrected chi connectivity index (χ1v) is 7.10. The summed E-state index contributed by atoms with van der Waals surface area (Å²) in [5.41, 5.74) is 8.13. The van der Waals surface area contributed by atoms with Crippen LogP contribution in [0.2, 0.25) is 10.0 Å². The van der Waals surface area contributed by atoms with E-state index in [1.54, 1.807) is 18.3 Å². The molecule has 0 amide bonds. The smallest absolute Gasteiger partial charge is 0.157 e. The summed E-state index contributed by atoms with van der Waals surface area (Å²) in [6.45, 7) is 0.354. The van der Waals surface area contributed by atoms with Crippen molar-refractivity contribution in [3.8, 4) is 5.75 Å². The van der Waals surface area contributed by atoms with Crippen LogP contribution in [-0.2, 0) is 6.61 Å². The SMILES string of the molecule is Nc1cc(Cl)c(OCc2ccnc3ccccc23)c(Cl)c1. The van der Waals surface area contributed by atoms with Gasteiger partial charge in [0.1, 0.15) is 6.61 Å². The number of halogens is 2. The first kappa shape index (κ1) is 14.0. The Labute approximate surface area is 132 Å². The van der Waals surface area contributed by atoms with E-state index in [4.69, 9.17) is 33.7 Å². The Kier molecular flexibility index (Phi) is 3.86. The lowest BCUT2D eigenvalue weighted by molar-refractivity contribution is 0.308. The van der Waals surface area contributed by atoms with Crippen LogP contribution in [-0.4, -0.2) is 4.98 Å². The molecule has 1 aromatic heterocycles. The number of fused-ring (bicyclic) bond motifs is 1. The number of nitrogens with zero attached hydrogens (tertiary/aromatic N) is 1. The van der Waals surface area contributed by atoms with Gasteiger partial charge in [0.15, 0.2) is 5.75 Å². The van der Waals surface area contributed by atoms with E-state index in [2.05, 4.69) is 4.98 Å².